The molecule has 1 unspecified atom stereocenters. The predicted octanol–water partition coefficient (Wildman–Crippen LogP) is 20.5. The second kappa shape index (κ2) is 59.4. The molecule has 0 heterocycles. The van der Waals surface area contributed by atoms with E-state index in [1.165, 1.54) is 173 Å². The van der Waals surface area contributed by atoms with Crippen molar-refractivity contribution in [3.8, 4) is 0 Å². The Balaban J connectivity index is 4.44. The Morgan fingerprint density at radius 3 is 0.944 bits per heavy atom. The van der Waals surface area contributed by atoms with Gasteiger partial charge in [0, 0.05) is 19.3 Å². The lowest BCUT2D eigenvalue weighted by Crippen LogP contribution is -2.30. The van der Waals surface area contributed by atoms with E-state index in [0.29, 0.717) is 19.3 Å². The van der Waals surface area contributed by atoms with Crippen LogP contribution in [-0.2, 0) is 28.6 Å². The van der Waals surface area contributed by atoms with E-state index in [1.54, 1.807) is 0 Å². The zero-order chi connectivity index (χ0) is 51.4. The van der Waals surface area contributed by atoms with Crippen LogP contribution in [0, 0.1) is 0 Å². The maximum Gasteiger partial charge on any atom is 0.306 e. The molecule has 6 heteroatoms. The Labute approximate surface area is 440 Å². The second-order valence-corrected chi connectivity index (χ2v) is 20.2. The third-order valence-electron chi connectivity index (χ3n) is 13.2. The van der Waals surface area contributed by atoms with Crippen LogP contribution >= 0.6 is 0 Å². The summed E-state index contributed by atoms with van der Waals surface area (Å²) in [6, 6.07) is 0. The van der Waals surface area contributed by atoms with Crippen molar-refractivity contribution >= 4 is 17.9 Å². The summed E-state index contributed by atoms with van der Waals surface area (Å²) in [6.45, 7) is 6.49. The highest BCUT2D eigenvalue weighted by molar-refractivity contribution is 5.71. The lowest BCUT2D eigenvalue weighted by atomic mass is 10.0. The van der Waals surface area contributed by atoms with Crippen LogP contribution in [0.15, 0.2) is 72.9 Å². The number of carbonyl (C=O) groups is 3. The van der Waals surface area contributed by atoms with E-state index in [1.807, 2.05) is 6.08 Å². The Hall–Kier alpha value is -3.15. The van der Waals surface area contributed by atoms with Crippen LogP contribution in [0.5, 0.6) is 0 Å². The molecule has 0 saturated heterocycles. The third-order valence-corrected chi connectivity index (χ3v) is 13.2. The first kappa shape index (κ1) is 67.8. The monoisotopic (exact) mass is 991 g/mol. The maximum atomic E-state index is 12.9. The summed E-state index contributed by atoms with van der Waals surface area (Å²) in [7, 11) is 0. The van der Waals surface area contributed by atoms with Gasteiger partial charge in [-0.25, -0.2) is 0 Å². The molecule has 6 nitrogen and oxygen atoms in total. The van der Waals surface area contributed by atoms with Gasteiger partial charge >= 0.3 is 17.9 Å². The molecular weight excluding hydrogens is 877 g/mol. The molecule has 0 amide bonds. The van der Waals surface area contributed by atoms with Crippen molar-refractivity contribution in [2.45, 2.75) is 309 Å². The average Bonchev–Trinajstić information content (AvgIpc) is 3.37. The van der Waals surface area contributed by atoms with Crippen LogP contribution in [0.4, 0.5) is 0 Å². The minimum absolute atomic E-state index is 0.0988. The Bertz CT molecular complexity index is 1320. The molecule has 0 radical (unpaired) electrons. The number of carbonyl (C=O) groups excluding carboxylic acids is 3. The van der Waals surface area contributed by atoms with E-state index in [2.05, 4.69) is 87.6 Å². The van der Waals surface area contributed by atoms with Gasteiger partial charge in [0.2, 0.25) is 0 Å². The molecule has 71 heavy (non-hydrogen) atoms. The van der Waals surface area contributed by atoms with Gasteiger partial charge in [-0.05, 0) is 77.0 Å². The van der Waals surface area contributed by atoms with Crippen LogP contribution in [-0.4, -0.2) is 37.2 Å². The minimum atomic E-state index is -0.809. The van der Waals surface area contributed by atoms with E-state index < -0.39 is 6.10 Å². The molecule has 0 bridgehead atoms. The molecule has 0 aromatic carbocycles. The molecule has 410 valence electrons. The first-order valence-corrected chi connectivity index (χ1v) is 30.4. The van der Waals surface area contributed by atoms with Crippen molar-refractivity contribution in [1.82, 2.24) is 0 Å². The first-order chi connectivity index (χ1) is 35.0. The van der Waals surface area contributed by atoms with E-state index >= 15 is 0 Å². The van der Waals surface area contributed by atoms with E-state index in [0.717, 1.165) is 83.5 Å². The molecule has 0 rings (SSSR count). The van der Waals surface area contributed by atoms with E-state index in [4.69, 9.17) is 14.2 Å². The highest BCUT2D eigenvalue weighted by atomic mass is 16.6. The van der Waals surface area contributed by atoms with Crippen LogP contribution in [0.3, 0.4) is 0 Å². The summed E-state index contributed by atoms with van der Waals surface area (Å²) in [5.41, 5.74) is 0. The van der Waals surface area contributed by atoms with Gasteiger partial charge in [0.15, 0.2) is 6.10 Å². The molecule has 0 N–H and O–H groups in total. The number of unbranched alkanes of at least 4 members (excludes halogenated alkanes) is 32. The van der Waals surface area contributed by atoms with Crippen molar-refractivity contribution < 1.29 is 28.6 Å². The molecule has 0 aliphatic carbocycles. The number of allylic oxidation sites excluding steroid dienone is 12. The standard InChI is InChI=1S/C65H114O6/c1-4-7-10-13-16-19-22-25-28-31-33-35-37-40-43-46-49-52-55-58-64(67)70-61-62(60-69-63(66)57-54-51-48-45-42-39-36-30-27-24-21-18-15-12-9-6-3)71-65(68)59-56-53-50-47-44-41-38-34-32-29-26-23-20-17-14-11-8-5-2/h9,12,18,21,27,30,34,38-39,42,48,51,62H,4-8,10-11,13-17,19-20,22-26,28-29,31-33,35-37,40-41,43-47,49-50,52-61H2,1-3H3/b12-9-,21-18-,30-27-,38-34-,42-39-,51-48-. The molecule has 0 spiro atoms. The van der Waals surface area contributed by atoms with Crippen LogP contribution in [0.25, 0.3) is 0 Å². The van der Waals surface area contributed by atoms with E-state index in [9.17, 15) is 14.4 Å². The van der Waals surface area contributed by atoms with Gasteiger partial charge in [-0.3, -0.25) is 14.4 Å². The number of ether oxygens (including phenoxy) is 3. The van der Waals surface area contributed by atoms with Crippen molar-refractivity contribution in [1.29, 1.82) is 0 Å². The zero-order valence-corrected chi connectivity index (χ0v) is 47.0. The average molecular weight is 992 g/mol. The quantitative estimate of drug-likeness (QED) is 0.0261. The fourth-order valence-electron chi connectivity index (χ4n) is 8.67. The number of esters is 3. The molecule has 1 atom stereocenters. The van der Waals surface area contributed by atoms with Crippen LogP contribution < -0.4 is 0 Å². The van der Waals surface area contributed by atoms with Gasteiger partial charge in [0.1, 0.15) is 13.2 Å². The largest absolute Gasteiger partial charge is 0.462 e. The zero-order valence-electron chi connectivity index (χ0n) is 47.0. The fraction of sp³-hybridized carbons (Fsp3) is 0.769. The van der Waals surface area contributed by atoms with Gasteiger partial charge in [0.05, 0.1) is 0 Å². The first-order valence-electron chi connectivity index (χ1n) is 30.4. The number of hydrogen-bond acceptors (Lipinski definition) is 6. The van der Waals surface area contributed by atoms with Crippen molar-refractivity contribution in [2.24, 2.45) is 0 Å². The third kappa shape index (κ3) is 57.6. The number of rotatable bonds is 55. The summed E-state index contributed by atoms with van der Waals surface area (Å²) < 4.78 is 16.8. The molecular formula is C65H114O6. The maximum absolute atomic E-state index is 12.9. The predicted molar refractivity (Wildman–Crippen MR) is 307 cm³/mol. The van der Waals surface area contributed by atoms with E-state index in [-0.39, 0.29) is 37.5 Å². The molecule has 0 aromatic rings. The second-order valence-electron chi connectivity index (χ2n) is 20.2. The topological polar surface area (TPSA) is 78.9 Å². The van der Waals surface area contributed by atoms with Crippen molar-refractivity contribution in [3.05, 3.63) is 72.9 Å². The molecule has 0 aliphatic heterocycles. The van der Waals surface area contributed by atoms with Gasteiger partial charge in [-0.15, -0.1) is 0 Å². The van der Waals surface area contributed by atoms with Crippen molar-refractivity contribution in [2.75, 3.05) is 13.2 Å². The van der Waals surface area contributed by atoms with Gasteiger partial charge < -0.3 is 14.2 Å². The molecule has 0 fully saturated rings. The Kier molecular flexibility index (Phi) is 56.8. The number of hydrogen-bond donors (Lipinski definition) is 0. The van der Waals surface area contributed by atoms with Crippen molar-refractivity contribution in [3.63, 3.8) is 0 Å². The lowest BCUT2D eigenvalue weighted by molar-refractivity contribution is -0.166. The van der Waals surface area contributed by atoms with Crippen LogP contribution in [0.2, 0.25) is 0 Å². The molecule has 0 aliphatic rings. The highest BCUT2D eigenvalue weighted by Gasteiger charge is 2.19. The summed E-state index contributed by atoms with van der Waals surface area (Å²) in [6.07, 6.45) is 76.3. The summed E-state index contributed by atoms with van der Waals surface area (Å²) in [5, 5.41) is 0. The lowest BCUT2D eigenvalue weighted by Gasteiger charge is -2.18. The summed E-state index contributed by atoms with van der Waals surface area (Å²) in [4.78, 5) is 38.2. The SMILES string of the molecule is CC/C=C\C/C=C\C/C=C\C/C=C\C/C=C\CCC(=O)OCC(COC(=O)CCCCCCCCCCCCCCCCCCCCC)OC(=O)CCCCCCC/C=C\CCCCCCCCCCC. The fourth-order valence-corrected chi connectivity index (χ4v) is 8.67. The normalized spacial score (nSPS) is 12.5. The molecule has 0 saturated carbocycles. The van der Waals surface area contributed by atoms with Crippen LogP contribution in [0.1, 0.15) is 303 Å². The highest BCUT2D eigenvalue weighted by Crippen LogP contribution is 2.16. The molecule has 0 aromatic heterocycles. The smallest absolute Gasteiger partial charge is 0.306 e. The Morgan fingerprint density at radius 2 is 0.577 bits per heavy atom. The minimum Gasteiger partial charge on any atom is -0.462 e. The summed E-state index contributed by atoms with van der Waals surface area (Å²) >= 11 is 0. The van der Waals surface area contributed by atoms with Gasteiger partial charge in [-0.1, -0.05) is 280 Å². The van der Waals surface area contributed by atoms with Gasteiger partial charge in [0.25, 0.3) is 0 Å². The Morgan fingerprint density at radius 1 is 0.296 bits per heavy atom. The van der Waals surface area contributed by atoms with Gasteiger partial charge in [-0.2, -0.15) is 0 Å². The summed E-state index contributed by atoms with van der Waals surface area (Å²) in [5.74, 6) is -0.981.